The lowest BCUT2D eigenvalue weighted by molar-refractivity contribution is 0.0663. The van der Waals surface area contributed by atoms with E-state index in [1.54, 1.807) is 12.0 Å². The fourth-order valence-electron chi connectivity index (χ4n) is 3.92. The minimum atomic E-state index is -0.467. The second kappa shape index (κ2) is 6.67. The Morgan fingerprint density at radius 1 is 1.11 bits per heavy atom. The van der Waals surface area contributed by atoms with Gasteiger partial charge in [0.05, 0.1) is 23.6 Å². The largest absolute Gasteiger partial charge is 0.450 e. The van der Waals surface area contributed by atoms with Crippen LogP contribution < -0.4 is 5.43 Å². The highest BCUT2D eigenvalue weighted by molar-refractivity contribution is 5.99. The van der Waals surface area contributed by atoms with E-state index in [1.807, 2.05) is 56.3 Å². The van der Waals surface area contributed by atoms with Crippen molar-refractivity contribution in [2.45, 2.75) is 19.9 Å². The molecule has 0 N–H and O–H groups in total. The van der Waals surface area contributed by atoms with Crippen molar-refractivity contribution < 1.29 is 13.9 Å². The zero-order valence-corrected chi connectivity index (χ0v) is 15.6. The van der Waals surface area contributed by atoms with Crippen LogP contribution in [0.1, 0.15) is 38.9 Å². The first-order valence-electron chi connectivity index (χ1n) is 8.95. The molecule has 0 spiro atoms. The molecule has 138 valence electrons. The van der Waals surface area contributed by atoms with Crippen LogP contribution in [0.2, 0.25) is 0 Å². The molecular weight excluding hydrogens is 342 g/mol. The van der Waals surface area contributed by atoms with Gasteiger partial charge in [-0.3, -0.25) is 9.59 Å². The van der Waals surface area contributed by atoms with Crippen LogP contribution in [0.4, 0.5) is 0 Å². The third-order valence-electron chi connectivity index (χ3n) is 5.06. The maximum atomic E-state index is 13.4. The molecule has 0 bridgehead atoms. The first-order chi connectivity index (χ1) is 13.0. The Bertz CT molecular complexity index is 1080. The predicted octanol–water partition coefficient (Wildman–Crippen LogP) is 3.60. The molecule has 1 aromatic heterocycles. The molecule has 1 aliphatic heterocycles. The predicted molar refractivity (Wildman–Crippen MR) is 103 cm³/mol. The van der Waals surface area contributed by atoms with Crippen molar-refractivity contribution in [2.24, 2.45) is 0 Å². The molecule has 0 saturated heterocycles. The zero-order valence-electron chi connectivity index (χ0n) is 15.6. The summed E-state index contributed by atoms with van der Waals surface area (Å²) < 4.78 is 11.2. The first kappa shape index (κ1) is 17.5. The second-order valence-electron chi connectivity index (χ2n) is 6.93. The zero-order chi connectivity index (χ0) is 19.1. The Balaban J connectivity index is 2.01. The fraction of sp³-hybridized carbons (Fsp3) is 0.273. The number of aryl methyl sites for hydroxylation is 2. The highest BCUT2D eigenvalue weighted by atomic mass is 16.5. The van der Waals surface area contributed by atoms with Gasteiger partial charge in [0.15, 0.2) is 5.43 Å². The van der Waals surface area contributed by atoms with Crippen molar-refractivity contribution >= 4 is 16.9 Å². The van der Waals surface area contributed by atoms with Gasteiger partial charge in [-0.2, -0.15) is 0 Å². The van der Waals surface area contributed by atoms with Gasteiger partial charge in [-0.05, 0) is 36.6 Å². The lowest BCUT2D eigenvalue weighted by atomic mass is 9.97. The molecule has 3 aromatic rings. The van der Waals surface area contributed by atoms with Crippen molar-refractivity contribution in [1.29, 1.82) is 0 Å². The van der Waals surface area contributed by atoms with E-state index >= 15 is 0 Å². The Kier molecular flexibility index (Phi) is 4.32. The average molecular weight is 363 g/mol. The Hall–Kier alpha value is -2.92. The fourth-order valence-corrected chi connectivity index (χ4v) is 3.92. The van der Waals surface area contributed by atoms with Crippen LogP contribution in [0, 0.1) is 13.8 Å². The van der Waals surface area contributed by atoms with Gasteiger partial charge >= 0.3 is 0 Å². The summed E-state index contributed by atoms with van der Waals surface area (Å²) in [7, 11) is 1.59. The van der Waals surface area contributed by atoms with E-state index in [4.69, 9.17) is 9.15 Å². The van der Waals surface area contributed by atoms with E-state index in [-0.39, 0.29) is 17.1 Å². The van der Waals surface area contributed by atoms with Gasteiger partial charge in [-0.15, -0.1) is 0 Å². The third kappa shape index (κ3) is 2.75. The van der Waals surface area contributed by atoms with Crippen LogP contribution >= 0.6 is 0 Å². The van der Waals surface area contributed by atoms with Crippen molar-refractivity contribution in [1.82, 2.24) is 4.90 Å². The molecule has 4 rings (SSSR count). The number of benzene rings is 2. The molecule has 1 aliphatic rings. The molecule has 5 nitrogen and oxygen atoms in total. The molecule has 1 unspecified atom stereocenters. The molecule has 2 heterocycles. The molecule has 1 amide bonds. The van der Waals surface area contributed by atoms with Crippen molar-refractivity contribution in [3.05, 3.63) is 80.7 Å². The number of ether oxygens (including phenoxy) is 1. The number of hydrogen-bond donors (Lipinski definition) is 0. The number of carbonyl (C=O) groups excluding carboxylic acids is 1. The summed E-state index contributed by atoms with van der Waals surface area (Å²) in [5.74, 6) is -0.128. The number of rotatable bonds is 4. The Morgan fingerprint density at radius 2 is 1.85 bits per heavy atom. The average Bonchev–Trinajstić information content (AvgIpc) is 2.92. The summed E-state index contributed by atoms with van der Waals surface area (Å²) in [5.41, 5.74) is 3.48. The molecule has 0 aliphatic carbocycles. The number of nitrogens with zero attached hydrogens (tertiary/aromatic N) is 1. The van der Waals surface area contributed by atoms with Crippen LogP contribution in [0.5, 0.6) is 0 Å². The summed E-state index contributed by atoms with van der Waals surface area (Å²) in [6.07, 6.45) is 0. The maximum Gasteiger partial charge on any atom is 0.290 e. The summed E-state index contributed by atoms with van der Waals surface area (Å²) >= 11 is 0. The number of hydrogen-bond acceptors (Lipinski definition) is 4. The Morgan fingerprint density at radius 3 is 2.56 bits per heavy atom. The molecule has 0 fully saturated rings. The van der Waals surface area contributed by atoms with Crippen molar-refractivity contribution in [3.8, 4) is 0 Å². The minimum absolute atomic E-state index is 0.133. The van der Waals surface area contributed by atoms with Crippen LogP contribution in [-0.2, 0) is 4.74 Å². The van der Waals surface area contributed by atoms with E-state index in [1.165, 1.54) is 0 Å². The highest BCUT2D eigenvalue weighted by Crippen LogP contribution is 2.38. The van der Waals surface area contributed by atoms with E-state index < -0.39 is 6.04 Å². The van der Waals surface area contributed by atoms with Crippen molar-refractivity contribution in [2.75, 3.05) is 20.3 Å². The lowest BCUT2D eigenvalue weighted by Gasteiger charge is -2.24. The molecule has 1 atom stereocenters. The number of fused-ring (bicyclic) bond motifs is 2. The maximum absolute atomic E-state index is 13.4. The smallest absolute Gasteiger partial charge is 0.290 e. The standard InChI is InChI=1S/C22H21NO4/c1-13-11-14(2)17-16(12-13)27-21-18(20(17)24)19(15-7-5-4-6-8-15)23(22(21)25)9-10-26-3/h4-8,11-12,19H,9-10H2,1-3H3. The first-order valence-corrected chi connectivity index (χ1v) is 8.95. The van der Waals surface area contributed by atoms with Crippen LogP contribution in [-0.4, -0.2) is 31.1 Å². The monoisotopic (exact) mass is 363 g/mol. The van der Waals surface area contributed by atoms with E-state index in [9.17, 15) is 9.59 Å². The Labute approximate surface area is 157 Å². The van der Waals surface area contributed by atoms with Gasteiger partial charge in [0, 0.05) is 13.7 Å². The summed E-state index contributed by atoms with van der Waals surface area (Å²) in [6.45, 7) is 4.61. The minimum Gasteiger partial charge on any atom is -0.450 e. The quantitative estimate of drug-likeness (QED) is 0.711. The van der Waals surface area contributed by atoms with E-state index in [2.05, 4.69) is 0 Å². The highest BCUT2D eigenvalue weighted by Gasteiger charge is 2.42. The SMILES string of the molecule is COCCN1C(=O)c2oc3cc(C)cc(C)c3c(=O)c2C1c1ccccc1. The summed E-state index contributed by atoms with van der Waals surface area (Å²) in [6, 6.07) is 12.9. The topological polar surface area (TPSA) is 59.8 Å². The van der Waals surface area contributed by atoms with Crippen LogP contribution in [0.15, 0.2) is 51.7 Å². The second-order valence-corrected chi connectivity index (χ2v) is 6.93. The normalized spacial score (nSPS) is 16.2. The molecular formula is C22H21NO4. The van der Waals surface area contributed by atoms with Gasteiger partial charge in [-0.25, -0.2) is 0 Å². The third-order valence-corrected chi connectivity index (χ3v) is 5.06. The van der Waals surface area contributed by atoms with Crippen LogP contribution in [0.25, 0.3) is 11.0 Å². The van der Waals surface area contributed by atoms with E-state index in [0.717, 1.165) is 16.7 Å². The molecule has 5 heteroatoms. The number of amides is 1. The van der Waals surface area contributed by atoms with Gasteiger partial charge < -0.3 is 14.1 Å². The van der Waals surface area contributed by atoms with Gasteiger partial charge in [0.25, 0.3) is 5.91 Å². The lowest BCUT2D eigenvalue weighted by Crippen LogP contribution is -2.32. The summed E-state index contributed by atoms with van der Waals surface area (Å²) in [4.78, 5) is 28.2. The van der Waals surface area contributed by atoms with Crippen molar-refractivity contribution in [3.63, 3.8) is 0 Å². The molecule has 27 heavy (non-hydrogen) atoms. The van der Waals surface area contributed by atoms with Crippen LogP contribution in [0.3, 0.4) is 0 Å². The van der Waals surface area contributed by atoms with Gasteiger partial charge in [0.1, 0.15) is 5.58 Å². The van der Waals surface area contributed by atoms with E-state index in [0.29, 0.717) is 29.7 Å². The molecule has 0 saturated carbocycles. The molecule has 2 aromatic carbocycles. The number of carbonyl (C=O) groups is 1. The van der Waals surface area contributed by atoms with Gasteiger partial charge in [-0.1, -0.05) is 36.4 Å². The number of methoxy groups -OCH3 is 1. The molecule has 0 radical (unpaired) electrons. The van der Waals surface area contributed by atoms with Gasteiger partial charge in [0.2, 0.25) is 5.76 Å². The summed E-state index contributed by atoms with van der Waals surface area (Å²) in [5, 5.41) is 0.543.